The molecular formula is C15H12ClNO3S. The van der Waals surface area contributed by atoms with Gasteiger partial charge in [-0.25, -0.2) is 0 Å². The minimum absolute atomic E-state index is 0.276. The maximum atomic E-state index is 12.4. The number of carbonyl (C=O) groups excluding carboxylic acids is 1. The lowest BCUT2D eigenvalue weighted by molar-refractivity contribution is 0.0982. The van der Waals surface area contributed by atoms with E-state index in [2.05, 4.69) is 0 Å². The molecule has 0 amide bonds. The Morgan fingerprint density at radius 1 is 1.24 bits per heavy atom. The molecule has 0 fully saturated rings. The number of rotatable bonds is 5. The third kappa shape index (κ3) is 3.18. The predicted octanol–water partition coefficient (Wildman–Crippen LogP) is 3.91. The van der Waals surface area contributed by atoms with Crippen LogP contribution >= 0.6 is 22.9 Å². The van der Waals surface area contributed by atoms with Crippen molar-refractivity contribution >= 4 is 28.7 Å². The number of nitrogens with zero attached hydrogens (tertiary/aromatic N) is 1. The van der Waals surface area contributed by atoms with E-state index < -0.39 is 5.92 Å². The van der Waals surface area contributed by atoms with Gasteiger partial charge >= 0.3 is 0 Å². The maximum Gasteiger partial charge on any atom is 0.194 e. The summed E-state index contributed by atoms with van der Waals surface area (Å²) in [5.41, 5.74) is 0.560. The first-order valence-electron chi connectivity index (χ1n) is 6.01. The Labute approximate surface area is 131 Å². The summed E-state index contributed by atoms with van der Waals surface area (Å²) in [5, 5.41) is 9.34. The molecule has 1 atom stereocenters. The summed E-state index contributed by atoms with van der Waals surface area (Å²) in [4.78, 5) is 12.9. The summed E-state index contributed by atoms with van der Waals surface area (Å²) in [6.45, 7) is 0. The van der Waals surface area contributed by atoms with Gasteiger partial charge in [-0.05, 0) is 29.8 Å². The van der Waals surface area contributed by atoms with Crippen LogP contribution in [0.3, 0.4) is 0 Å². The highest BCUT2D eigenvalue weighted by Gasteiger charge is 2.24. The first-order valence-corrected chi connectivity index (χ1v) is 7.21. The second kappa shape index (κ2) is 6.61. The summed E-state index contributed by atoms with van der Waals surface area (Å²) in [7, 11) is 3.03. The molecule has 0 saturated heterocycles. The van der Waals surface area contributed by atoms with Crippen molar-refractivity contribution in [3.63, 3.8) is 0 Å². The van der Waals surface area contributed by atoms with Gasteiger partial charge in [0.2, 0.25) is 0 Å². The molecule has 1 aromatic carbocycles. The van der Waals surface area contributed by atoms with Crippen LogP contribution in [0.5, 0.6) is 11.5 Å². The van der Waals surface area contributed by atoms with E-state index in [0.29, 0.717) is 26.3 Å². The summed E-state index contributed by atoms with van der Waals surface area (Å²) < 4.78 is 10.9. The smallest absolute Gasteiger partial charge is 0.194 e. The van der Waals surface area contributed by atoms with Gasteiger partial charge in [0.25, 0.3) is 0 Å². The third-order valence-corrected chi connectivity index (χ3v) is 4.19. The number of hydrogen-bond donors (Lipinski definition) is 0. The average molecular weight is 322 g/mol. The molecule has 1 heterocycles. The standard InChI is InChI=1S/C15H12ClNO3S/c1-19-11-4-3-9(7-12(11)20-2)10(8-17)15(18)13-5-6-14(16)21-13/h3-7,10H,1-2H3. The van der Waals surface area contributed by atoms with Crippen molar-refractivity contribution in [2.24, 2.45) is 0 Å². The number of benzene rings is 1. The number of nitriles is 1. The first-order chi connectivity index (χ1) is 10.1. The van der Waals surface area contributed by atoms with Crippen LogP contribution in [0.4, 0.5) is 0 Å². The summed E-state index contributed by atoms with van der Waals surface area (Å²) >= 11 is 6.99. The number of ketones is 1. The molecule has 108 valence electrons. The molecule has 0 aliphatic carbocycles. The Bertz CT molecular complexity index is 705. The predicted molar refractivity (Wildman–Crippen MR) is 81.6 cm³/mol. The van der Waals surface area contributed by atoms with Gasteiger partial charge in [0.1, 0.15) is 5.92 Å². The summed E-state index contributed by atoms with van der Waals surface area (Å²) in [6.07, 6.45) is 0. The number of hydrogen-bond acceptors (Lipinski definition) is 5. The van der Waals surface area contributed by atoms with Crippen molar-refractivity contribution in [1.29, 1.82) is 5.26 Å². The molecule has 1 unspecified atom stereocenters. The Balaban J connectivity index is 2.38. The van der Waals surface area contributed by atoms with E-state index in [0.717, 1.165) is 11.3 Å². The van der Waals surface area contributed by atoms with Crippen molar-refractivity contribution in [2.75, 3.05) is 14.2 Å². The molecule has 2 aromatic rings. The number of carbonyl (C=O) groups is 1. The van der Waals surface area contributed by atoms with Crippen LogP contribution in [0, 0.1) is 11.3 Å². The van der Waals surface area contributed by atoms with Gasteiger partial charge in [0, 0.05) is 0 Å². The molecule has 6 heteroatoms. The maximum absolute atomic E-state index is 12.4. The SMILES string of the molecule is COc1ccc(C(C#N)C(=O)c2ccc(Cl)s2)cc1OC. The highest BCUT2D eigenvalue weighted by Crippen LogP contribution is 2.33. The van der Waals surface area contributed by atoms with Crippen molar-refractivity contribution in [3.8, 4) is 17.6 Å². The fourth-order valence-electron chi connectivity index (χ4n) is 1.91. The highest BCUT2D eigenvalue weighted by molar-refractivity contribution is 7.18. The lowest BCUT2D eigenvalue weighted by Crippen LogP contribution is -2.10. The van der Waals surface area contributed by atoms with Gasteiger partial charge in [0.05, 0.1) is 29.5 Å². The minimum Gasteiger partial charge on any atom is -0.493 e. The van der Waals surface area contributed by atoms with Gasteiger partial charge in [-0.3, -0.25) is 4.79 Å². The summed E-state index contributed by atoms with van der Waals surface area (Å²) in [5.74, 6) is -0.155. The molecule has 4 nitrogen and oxygen atoms in total. The Morgan fingerprint density at radius 3 is 2.48 bits per heavy atom. The van der Waals surface area contributed by atoms with Crippen LogP contribution in [-0.2, 0) is 0 Å². The van der Waals surface area contributed by atoms with E-state index in [1.165, 1.54) is 14.2 Å². The van der Waals surface area contributed by atoms with Gasteiger partial charge in [-0.1, -0.05) is 17.7 Å². The molecule has 0 N–H and O–H groups in total. The molecule has 21 heavy (non-hydrogen) atoms. The van der Waals surface area contributed by atoms with Crippen LogP contribution in [0.25, 0.3) is 0 Å². The fraction of sp³-hybridized carbons (Fsp3) is 0.200. The fourth-order valence-corrected chi connectivity index (χ4v) is 2.92. The topological polar surface area (TPSA) is 59.3 Å². The molecule has 0 aliphatic heterocycles. The minimum atomic E-state index is -0.903. The summed E-state index contributed by atoms with van der Waals surface area (Å²) in [6, 6.07) is 10.3. The zero-order valence-corrected chi connectivity index (χ0v) is 13.0. The number of ether oxygens (including phenoxy) is 2. The third-order valence-electron chi connectivity index (χ3n) is 2.95. The van der Waals surface area contributed by atoms with Crippen molar-refractivity contribution in [3.05, 3.63) is 45.1 Å². The van der Waals surface area contributed by atoms with E-state index in [-0.39, 0.29) is 5.78 Å². The van der Waals surface area contributed by atoms with Crippen LogP contribution in [0.15, 0.2) is 30.3 Å². The highest BCUT2D eigenvalue weighted by atomic mass is 35.5. The van der Waals surface area contributed by atoms with Gasteiger partial charge < -0.3 is 9.47 Å². The zero-order chi connectivity index (χ0) is 15.4. The van der Waals surface area contributed by atoms with E-state index in [4.69, 9.17) is 21.1 Å². The van der Waals surface area contributed by atoms with Gasteiger partial charge in [0.15, 0.2) is 17.3 Å². The molecule has 0 saturated carbocycles. The molecule has 1 aromatic heterocycles. The Hall–Kier alpha value is -2.03. The largest absolute Gasteiger partial charge is 0.493 e. The van der Waals surface area contributed by atoms with Crippen LogP contribution in [0.1, 0.15) is 21.2 Å². The number of thiophene rings is 1. The molecule has 0 spiro atoms. The number of Topliss-reactive ketones (excluding diaryl/α,β-unsaturated/α-hetero) is 1. The second-order valence-electron chi connectivity index (χ2n) is 4.14. The van der Waals surface area contributed by atoms with Gasteiger partial charge in [-0.2, -0.15) is 5.26 Å². The molecular weight excluding hydrogens is 310 g/mol. The van der Waals surface area contributed by atoms with E-state index >= 15 is 0 Å². The normalized spacial score (nSPS) is 11.5. The van der Waals surface area contributed by atoms with Crippen molar-refractivity contribution in [2.45, 2.75) is 5.92 Å². The lowest BCUT2D eigenvalue weighted by Gasteiger charge is -2.12. The number of halogens is 1. The first kappa shape index (κ1) is 15.4. The Morgan fingerprint density at radius 2 is 1.95 bits per heavy atom. The van der Waals surface area contributed by atoms with Gasteiger partial charge in [-0.15, -0.1) is 11.3 Å². The second-order valence-corrected chi connectivity index (χ2v) is 5.86. The monoisotopic (exact) mass is 321 g/mol. The van der Waals surface area contributed by atoms with Crippen molar-refractivity contribution in [1.82, 2.24) is 0 Å². The Kier molecular flexibility index (Phi) is 4.84. The molecule has 2 rings (SSSR count). The van der Waals surface area contributed by atoms with Crippen molar-refractivity contribution < 1.29 is 14.3 Å². The average Bonchev–Trinajstić information content (AvgIpc) is 2.94. The molecule has 0 radical (unpaired) electrons. The van der Waals surface area contributed by atoms with Crippen LogP contribution < -0.4 is 9.47 Å². The quantitative estimate of drug-likeness (QED) is 0.783. The van der Waals surface area contributed by atoms with E-state index in [1.807, 2.05) is 6.07 Å². The zero-order valence-electron chi connectivity index (χ0n) is 11.4. The van der Waals surface area contributed by atoms with Crippen LogP contribution in [-0.4, -0.2) is 20.0 Å². The molecule has 0 aliphatic rings. The number of methoxy groups -OCH3 is 2. The van der Waals surface area contributed by atoms with E-state index in [9.17, 15) is 10.1 Å². The van der Waals surface area contributed by atoms with E-state index in [1.54, 1.807) is 30.3 Å². The molecule has 0 bridgehead atoms. The lowest BCUT2D eigenvalue weighted by atomic mass is 9.95. The van der Waals surface area contributed by atoms with Crippen LogP contribution in [0.2, 0.25) is 4.34 Å².